The molecule has 6 nitrogen and oxygen atoms in total. The van der Waals surface area contributed by atoms with Crippen molar-refractivity contribution in [2.45, 2.75) is 32.0 Å². The Morgan fingerprint density at radius 3 is 2.46 bits per heavy atom. The van der Waals surface area contributed by atoms with E-state index < -0.39 is 33.5 Å². The smallest absolute Gasteiger partial charge is 0.338 e. The van der Waals surface area contributed by atoms with Crippen molar-refractivity contribution < 1.29 is 31.2 Å². The predicted molar refractivity (Wildman–Crippen MR) is 89.1 cm³/mol. The summed E-state index contributed by atoms with van der Waals surface area (Å²) < 4.78 is 61.9. The number of nitrogens with zero attached hydrogens (tertiary/aromatic N) is 1. The largest absolute Gasteiger partial charge is 0.418 e. The van der Waals surface area contributed by atoms with E-state index in [2.05, 4.69) is 5.32 Å². The van der Waals surface area contributed by atoms with Crippen LogP contribution < -0.4 is 5.32 Å². The monoisotopic (exact) mass is 392 g/mol. The molecule has 1 heterocycles. The van der Waals surface area contributed by atoms with Crippen molar-refractivity contribution in [2.24, 2.45) is 0 Å². The molecule has 0 saturated carbocycles. The van der Waals surface area contributed by atoms with Crippen LogP contribution in [-0.4, -0.2) is 49.2 Å². The summed E-state index contributed by atoms with van der Waals surface area (Å²) in [6.07, 6.45) is -4.55. The summed E-state index contributed by atoms with van der Waals surface area (Å²) in [5.41, 5.74) is -1.32. The maximum atomic E-state index is 12.9. The molecule has 1 N–H and O–H groups in total. The van der Waals surface area contributed by atoms with E-state index in [-0.39, 0.29) is 36.1 Å². The van der Waals surface area contributed by atoms with Crippen LogP contribution in [0.1, 0.15) is 25.3 Å². The Labute approximate surface area is 149 Å². The lowest BCUT2D eigenvalue weighted by Crippen LogP contribution is -2.41. The topological polar surface area (TPSA) is 83.6 Å². The van der Waals surface area contributed by atoms with E-state index in [1.165, 1.54) is 24.0 Å². The van der Waals surface area contributed by atoms with E-state index in [1.54, 1.807) is 0 Å². The van der Waals surface area contributed by atoms with Gasteiger partial charge in [-0.25, -0.2) is 8.42 Å². The lowest BCUT2D eigenvalue weighted by Gasteiger charge is -2.26. The Morgan fingerprint density at radius 2 is 1.92 bits per heavy atom. The molecule has 1 aliphatic heterocycles. The second kappa shape index (κ2) is 7.65. The van der Waals surface area contributed by atoms with Gasteiger partial charge in [0.05, 0.1) is 22.8 Å². The van der Waals surface area contributed by atoms with Gasteiger partial charge in [-0.1, -0.05) is 12.1 Å². The zero-order chi connectivity index (χ0) is 19.5. The van der Waals surface area contributed by atoms with Crippen molar-refractivity contribution >= 4 is 27.3 Å². The van der Waals surface area contributed by atoms with Crippen LogP contribution in [0, 0.1) is 0 Å². The van der Waals surface area contributed by atoms with Gasteiger partial charge >= 0.3 is 6.18 Å². The lowest BCUT2D eigenvalue weighted by molar-refractivity contribution is -0.137. The van der Waals surface area contributed by atoms with Crippen LogP contribution in [0.4, 0.5) is 18.9 Å². The van der Waals surface area contributed by atoms with Crippen LogP contribution in [0.25, 0.3) is 0 Å². The molecule has 1 aromatic rings. The summed E-state index contributed by atoms with van der Waals surface area (Å²) in [5, 5.41) is 2.20. The highest BCUT2D eigenvalue weighted by Crippen LogP contribution is 2.34. The fraction of sp³-hybridized carbons (Fsp3) is 0.500. The minimum Gasteiger partial charge on any atom is -0.338 e. The summed E-state index contributed by atoms with van der Waals surface area (Å²) >= 11 is 0. The van der Waals surface area contributed by atoms with E-state index in [0.29, 0.717) is 6.42 Å². The van der Waals surface area contributed by atoms with Gasteiger partial charge in [0, 0.05) is 25.9 Å². The van der Waals surface area contributed by atoms with Crippen LogP contribution in [0.5, 0.6) is 0 Å². The van der Waals surface area contributed by atoms with Gasteiger partial charge < -0.3 is 10.2 Å². The molecular weight excluding hydrogens is 373 g/mol. The zero-order valence-electron chi connectivity index (χ0n) is 14.0. The summed E-state index contributed by atoms with van der Waals surface area (Å²) in [7, 11) is -3.20. The molecule has 0 bridgehead atoms. The molecule has 1 fully saturated rings. The van der Waals surface area contributed by atoms with Gasteiger partial charge in [0.1, 0.15) is 0 Å². The molecule has 10 heteroatoms. The third-order valence-corrected chi connectivity index (χ3v) is 5.89. The maximum Gasteiger partial charge on any atom is 0.418 e. The number of hydrogen-bond donors (Lipinski definition) is 1. The molecule has 0 spiro atoms. The number of carbonyl (C=O) groups is 2. The quantitative estimate of drug-likeness (QED) is 0.832. The standard InChI is InChI=1S/C16H19F3N2O4S/c1-11(22)21(12-7-9-26(24,25)10-12)8-6-15(23)20-14-5-3-2-4-13(14)16(17,18)19/h2-5,12H,6-10H2,1H3,(H,20,23). The highest BCUT2D eigenvalue weighted by atomic mass is 32.2. The molecule has 1 unspecified atom stereocenters. The first-order valence-corrected chi connectivity index (χ1v) is 9.75. The number of para-hydroxylation sites is 1. The van der Waals surface area contributed by atoms with Gasteiger partial charge in [-0.15, -0.1) is 0 Å². The number of benzene rings is 1. The van der Waals surface area contributed by atoms with Gasteiger partial charge in [0.2, 0.25) is 11.8 Å². The van der Waals surface area contributed by atoms with Crippen LogP contribution in [0.2, 0.25) is 0 Å². The number of sulfone groups is 1. The van der Waals surface area contributed by atoms with Crippen LogP contribution in [0.3, 0.4) is 0 Å². The van der Waals surface area contributed by atoms with Crippen LogP contribution >= 0.6 is 0 Å². The van der Waals surface area contributed by atoms with E-state index in [0.717, 1.165) is 12.1 Å². The molecule has 2 amide bonds. The van der Waals surface area contributed by atoms with E-state index >= 15 is 0 Å². The molecule has 0 aliphatic carbocycles. The fourth-order valence-corrected chi connectivity index (χ4v) is 4.62. The van der Waals surface area contributed by atoms with E-state index in [9.17, 15) is 31.2 Å². The van der Waals surface area contributed by atoms with Gasteiger partial charge in [0.15, 0.2) is 9.84 Å². The number of amides is 2. The first kappa shape index (κ1) is 20.2. The predicted octanol–water partition coefficient (Wildman–Crippen LogP) is 2.07. The molecule has 0 radical (unpaired) electrons. The molecule has 0 aromatic heterocycles. The summed E-state index contributed by atoms with van der Waals surface area (Å²) in [6, 6.07) is 4.09. The van der Waals surface area contributed by atoms with Gasteiger partial charge in [0.25, 0.3) is 0 Å². The average molecular weight is 392 g/mol. The van der Waals surface area contributed by atoms with Crippen molar-refractivity contribution in [3.8, 4) is 0 Å². The van der Waals surface area contributed by atoms with Gasteiger partial charge in [-0.05, 0) is 18.6 Å². The highest BCUT2D eigenvalue weighted by molar-refractivity contribution is 7.91. The number of nitrogens with one attached hydrogen (secondary N) is 1. The number of carbonyl (C=O) groups excluding carboxylic acids is 2. The Morgan fingerprint density at radius 1 is 1.27 bits per heavy atom. The Kier molecular flexibility index (Phi) is 5.94. The van der Waals surface area contributed by atoms with Crippen molar-refractivity contribution in [2.75, 3.05) is 23.4 Å². The normalized spacial score (nSPS) is 19.2. The number of halogens is 3. The first-order chi connectivity index (χ1) is 12.0. The molecule has 1 saturated heterocycles. The van der Waals surface area contributed by atoms with E-state index in [4.69, 9.17) is 0 Å². The van der Waals surface area contributed by atoms with Crippen LogP contribution in [0.15, 0.2) is 24.3 Å². The fourth-order valence-electron chi connectivity index (χ4n) is 2.89. The van der Waals surface area contributed by atoms with Gasteiger partial charge in [-0.2, -0.15) is 13.2 Å². The molecular formula is C16H19F3N2O4S. The molecule has 26 heavy (non-hydrogen) atoms. The van der Waals surface area contributed by atoms with Crippen molar-refractivity contribution in [1.82, 2.24) is 4.90 Å². The third-order valence-electron chi connectivity index (χ3n) is 4.14. The summed E-state index contributed by atoms with van der Waals surface area (Å²) in [6.45, 7) is 1.21. The molecule has 1 aliphatic rings. The lowest BCUT2D eigenvalue weighted by atomic mass is 10.1. The summed E-state index contributed by atoms with van der Waals surface area (Å²) in [5.74, 6) is -1.25. The first-order valence-electron chi connectivity index (χ1n) is 7.93. The minimum atomic E-state index is -4.60. The Hall–Kier alpha value is -2.10. The average Bonchev–Trinajstić information content (AvgIpc) is 2.86. The van der Waals surface area contributed by atoms with Crippen molar-refractivity contribution in [3.63, 3.8) is 0 Å². The zero-order valence-corrected chi connectivity index (χ0v) is 14.9. The summed E-state index contributed by atoms with van der Waals surface area (Å²) in [4.78, 5) is 25.1. The van der Waals surface area contributed by atoms with Gasteiger partial charge in [-0.3, -0.25) is 9.59 Å². The van der Waals surface area contributed by atoms with Crippen LogP contribution in [-0.2, 0) is 25.6 Å². The number of alkyl halides is 3. The molecule has 1 atom stereocenters. The molecule has 1 aromatic carbocycles. The second-order valence-electron chi connectivity index (χ2n) is 6.11. The van der Waals surface area contributed by atoms with Crippen molar-refractivity contribution in [3.05, 3.63) is 29.8 Å². The number of rotatable bonds is 5. The highest BCUT2D eigenvalue weighted by Gasteiger charge is 2.35. The second-order valence-corrected chi connectivity index (χ2v) is 8.34. The molecule has 2 rings (SSSR count). The number of anilines is 1. The van der Waals surface area contributed by atoms with Crippen molar-refractivity contribution in [1.29, 1.82) is 0 Å². The SMILES string of the molecule is CC(=O)N(CCC(=O)Nc1ccccc1C(F)(F)F)C1CCS(=O)(=O)C1. The Bertz CT molecular complexity index is 793. The molecule has 144 valence electrons. The van der Waals surface area contributed by atoms with E-state index in [1.807, 2.05) is 0 Å². The minimum absolute atomic E-state index is 0.0212. The Balaban J connectivity index is 2.01. The number of hydrogen-bond acceptors (Lipinski definition) is 4. The third kappa shape index (κ3) is 5.20. The maximum absolute atomic E-state index is 12.9.